The maximum absolute atomic E-state index is 12.9. The molecule has 1 aliphatic rings. The van der Waals surface area contributed by atoms with Crippen LogP contribution in [0.1, 0.15) is 12.0 Å². The van der Waals surface area contributed by atoms with Crippen LogP contribution in [0.3, 0.4) is 0 Å². The van der Waals surface area contributed by atoms with Crippen molar-refractivity contribution in [2.24, 2.45) is 0 Å². The van der Waals surface area contributed by atoms with Crippen molar-refractivity contribution in [2.75, 3.05) is 36.4 Å². The van der Waals surface area contributed by atoms with Crippen molar-refractivity contribution in [1.82, 2.24) is 4.31 Å². The summed E-state index contributed by atoms with van der Waals surface area (Å²) in [4.78, 5) is 14.1. The minimum Gasteiger partial charge on any atom is -0.366 e. The highest BCUT2D eigenvalue weighted by molar-refractivity contribution is 7.89. The van der Waals surface area contributed by atoms with Gasteiger partial charge in [-0.3, -0.25) is 4.79 Å². The normalized spacial score (nSPS) is 15.0. The molecular weight excluding hydrogens is 412 g/mol. The molecule has 0 saturated carbocycles. The Morgan fingerprint density at radius 2 is 1.79 bits per heavy atom. The number of carbonyl (C=O) groups is 1. The van der Waals surface area contributed by atoms with Crippen molar-refractivity contribution in [3.63, 3.8) is 0 Å². The molecule has 2 aromatic carbocycles. The minimum atomic E-state index is -3.56. The van der Waals surface area contributed by atoms with Crippen LogP contribution in [0.2, 0.25) is 5.02 Å². The molecule has 1 saturated heterocycles. The first-order valence-corrected chi connectivity index (χ1v) is 10.9. The molecule has 0 radical (unpaired) electrons. The Bertz CT molecular complexity index is 1040. The van der Waals surface area contributed by atoms with Crippen molar-refractivity contribution in [1.29, 1.82) is 5.26 Å². The third kappa shape index (κ3) is 4.70. The number of halogens is 1. The van der Waals surface area contributed by atoms with Gasteiger partial charge in [0.15, 0.2) is 0 Å². The van der Waals surface area contributed by atoms with E-state index in [0.717, 1.165) is 5.56 Å². The Labute approximate surface area is 175 Å². The van der Waals surface area contributed by atoms with E-state index in [0.29, 0.717) is 42.6 Å². The van der Waals surface area contributed by atoms with Crippen LogP contribution in [0.25, 0.3) is 0 Å². The standard InChI is InChI=1S/C20H21ClN4O3S/c1-15-5-7-16(8-6-15)29(27,28)25-13-11-24(12-14-25)20-17(21)3-2-4-18(20)23-19(26)9-10-22/h2-8H,9,11-14H2,1H3,(H,23,26). The van der Waals surface area contributed by atoms with Gasteiger partial charge in [-0.05, 0) is 31.2 Å². The Hall–Kier alpha value is -2.60. The van der Waals surface area contributed by atoms with Crippen LogP contribution < -0.4 is 10.2 Å². The van der Waals surface area contributed by atoms with Crippen LogP contribution in [-0.2, 0) is 14.8 Å². The average molecular weight is 433 g/mol. The molecule has 0 aromatic heterocycles. The molecular formula is C20H21ClN4O3S. The molecule has 1 aliphatic heterocycles. The van der Waals surface area contributed by atoms with Crippen LogP contribution in [0.15, 0.2) is 47.4 Å². The van der Waals surface area contributed by atoms with Crippen LogP contribution in [0.5, 0.6) is 0 Å². The topological polar surface area (TPSA) is 93.5 Å². The summed E-state index contributed by atoms with van der Waals surface area (Å²) in [5, 5.41) is 11.8. The molecule has 9 heteroatoms. The van der Waals surface area contributed by atoms with Gasteiger partial charge in [-0.1, -0.05) is 35.4 Å². The summed E-state index contributed by atoms with van der Waals surface area (Å²) in [7, 11) is -3.56. The molecule has 7 nitrogen and oxygen atoms in total. The SMILES string of the molecule is Cc1ccc(S(=O)(=O)N2CCN(c3c(Cl)cccc3NC(=O)CC#N)CC2)cc1. The van der Waals surface area contributed by atoms with E-state index in [9.17, 15) is 13.2 Å². The molecule has 29 heavy (non-hydrogen) atoms. The first kappa shape index (κ1) is 21.1. The van der Waals surface area contributed by atoms with E-state index in [1.807, 2.05) is 17.9 Å². The number of amides is 1. The molecule has 1 amide bonds. The Morgan fingerprint density at radius 1 is 1.14 bits per heavy atom. The number of nitriles is 1. The van der Waals surface area contributed by atoms with Gasteiger partial charge in [-0.15, -0.1) is 0 Å². The first-order chi connectivity index (χ1) is 13.8. The fraction of sp³-hybridized carbons (Fsp3) is 0.300. The van der Waals surface area contributed by atoms with Gasteiger partial charge in [-0.25, -0.2) is 8.42 Å². The van der Waals surface area contributed by atoms with E-state index in [1.54, 1.807) is 42.5 Å². The summed E-state index contributed by atoms with van der Waals surface area (Å²) in [5.41, 5.74) is 2.14. The van der Waals surface area contributed by atoms with Crippen molar-refractivity contribution in [3.8, 4) is 6.07 Å². The van der Waals surface area contributed by atoms with Gasteiger partial charge in [0.25, 0.3) is 0 Å². The molecule has 0 unspecified atom stereocenters. The summed E-state index contributed by atoms with van der Waals surface area (Å²) in [6, 6.07) is 13.8. The fourth-order valence-corrected chi connectivity index (χ4v) is 4.93. The number of carbonyl (C=O) groups excluding carboxylic acids is 1. The van der Waals surface area contributed by atoms with Crippen molar-refractivity contribution < 1.29 is 13.2 Å². The van der Waals surface area contributed by atoms with Crippen LogP contribution in [0.4, 0.5) is 11.4 Å². The zero-order valence-corrected chi connectivity index (χ0v) is 17.5. The summed E-state index contributed by atoms with van der Waals surface area (Å²) in [6.45, 7) is 3.36. The minimum absolute atomic E-state index is 0.255. The van der Waals surface area contributed by atoms with E-state index in [4.69, 9.17) is 16.9 Å². The molecule has 152 valence electrons. The predicted octanol–water partition coefficient (Wildman–Crippen LogP) is 3.01. The van der Waals surface area contributed by atoms with Gasteiger partial charge in [0, 0.05) is 26.2 Å². The Morgan fingerprint density at radius 3 is 2.41 bits per heavy atom. The Balaban J connectivity index is 1.77. The van der Waals surface area contributed by atoms with Gasteiger partial charge in [0.05, 0.1) is 27.4 Å². The maximum atomic E-state index is 12.9. The number of aryl methyl sites for hydroxylation is 1. The maximum Gasteiger partial charge on any atom is 0.243 e. The van der Waals surface area contributed by atoms with E-state index in [2.05, 4.69) is 5.32 Å². The molecule has 3 rings (SSSR count). The molecule has 2 aromatic rings. The van der Waals surface area contributed by atoms with E-state index in [-0.39, 0.29) is 11.3 Å². The Kier molecular flexibility index (Phi) is 6.42. The number of nitrogens with one attached hydrogen (secondary N) is 1. The summed E-state index contributed by atoms with van der Waals surface area (Å²) >= 11 is 6.37. The number of nitrogens with zero attached hydrogens (tertiary/aromatic N) is 3. The van der Waals surface area contributed by atoms with Crippen LogP contribution in [-0.4, -0.2) is 44.8 Å². The second kappa shape index (κ2) is 8.82. The number of hydrogen-bond donors (Lipinski definition) is 1. The average Bonchev–Trinajstić information content (AvgIpc) is 2.69. The lowest BCUT2D eigenvalue weighted by atomic mass is 10.2. The zero-order chi connectivity index (χ0) is 21.0. The fourth-order valence-electron chi connectivity index (χ4n) is 3.22. The first-order valence-electron chi connectivity index (χ1n) is 9.10. The number of rotatable bonds is 5. The van der Waals surface area contributed by atoms with Gasteiger partial charge >= 0.3 is 0 Å². The molecule has 0 spiro atoms. The lowest BCUT2D eigenvalue weighted by Crippen LogP contribution is -2.49. The highest BCUT2D eigenvalue weighted by Crippen LogP contribution is 2.35. The lowest BCUT2D eigenvalue weighted by Gasteiger charge is -2.36. The van der Waals surface area contributed by atoms with Gasteiger partial charge in [0.1, 0.15) is 6.42 Å². The second-order valence-electron chi connectivity index (χ2n) is 6.72. The molecule has 1 heterocycles. The van der Waals surface area contributed by atoms with E-state index in [1.165, 1.54) is 4.31 Å². The molecule has 1 N–H and O–H groups in total. The third-order valence-corrected chi connectivity index (χ3v) is 6.93. The van der Waals surface area contributed by atoms with Gasteiger partial charge in [0.2, 0.25) is 15.9 Å². The molecule has 0 atom stereocenters. The number of sulfonamides is 1. The largest absolute Gasteiger partial charge is 0.366 e. The number of anilines is 2. The number of hydrogen-bond acceptors (Lipinski definition) is 5. The zero-order valence-electron chi connectivity index (χ0n) is 15.9. The summed E-state index contributed by atoms with van der Waals surface area (Å²) < 4.78 is 27.2. The van der Waals surface area contributed by atoms with Gasteiger partial charge < -0.3 is 10.2 Å². The third-order valence-electron chi connectivity index (χ3n) is 4.71. The van der Waals surface area contributed by atoms with E-state index < -0.39 is 15.9 Å². The van der Waals surface area contributed by atoms with Crippen molar-refractivity contribution in [2.45, 2.75) is 18.2 Å². The van der Waals surface area contributed by atoms with Crippen LogP contribution in [0, 0.1) is 18.3 Å². The highest BCUT2D eigenvalue weighted by atomic mass is 35.5. The quantitative estimate of drug-likeness (QED) is 0.783. The van der Waals surface area contributed by atoms with E-state index >= 15 is 0 Å². The second-order valence-corrected chi connectivity index (χ2v) is 9.07. The van der Waals surface area contributed by atoms with Crippen molar-refractivity contribution >= 4 is 38.9 Å². The number of piperazine rings is 1. The number of benzene rings is 2. The summed E-state index contributed by atoms with van der Waals surface area (Å²) in [5.74, 6) is -0.420. The van der Waals surface area contributed by atoms with Crippen molar-refractivity contribution in [3.05, 3.63) is 53.1 Å². The predicted molar refractivity (Wildman–Crippen MR) is 112 cm³/mol. The lowest BCUT2D eigenvalue weighted by molar-refractivity contribution is -0.115. The molecule has 0 bridgehead atoms. The summed E-state index contributed by atoms with van der Waals surface area (Å²) in [6.07, 6.45) is -0.255. The monoisotopic (exact) mass is 432 g/mol. The smallest absolute Gasteiger partial charge is 0.243 e. The molecule has 1 fully saturated rings. The highest BCUT2D eigenvalue weighted by Gasteiger charge is 2.30. The molecule has 0 aliphatic carbocycles. The van der Waals surface area contributed by atoms with Gasteiger partial charge in [-0.2, -0.15) is 9.57 Å². The number of para-hydroxylation sites is 1. The van der Waals surface area contributed by atoms with Crippen LogP contribution >= 0.6 is 11.6 Å².